The molecule has 3 rings (SSSR count). The number of rotatable bonds is 8. The quantitative estimate of drug-likeness (QED) is 0.624. The summed E-state index contributed by atoms with van der Waals surface area (Å²) < 4.78 is 12.7. The van der Waals surface area contributed by atoms with E-state index in [9.17, 15) is 0 Å². The summed E-state index contributed by atoms with van der Waals surface area (Å²) in [5, 5.41) is 13.9. The van der Waals surface area contributed by atoms with Gasteiger partial charge in [0.25, 0.3) is 0 Å². The summed E-state index contributed by atoms with van der Waals surface area (Å²) in [5.74, 6) is 2.45. The van der Waals surface area contributed by atoms with Gasteiger partial charge in [-0.1, -0.05) is 25.2 Å². The third kappa shape index (κ3) is 3.65. The molecule has 2 heterocycles. The van der Waals surface area contributed by atoms with E-state index in [1.807, 2.05) is 28.8 Å². The minimum atomic E-state index is 0.408. The molecular formula is C16H21N5O2S. The number of aromatic nitrogens is 4. The van der Waals surface area contributed by atoms with E-state index < -0.39 is 0 Å². The monoisotopic (exact) mass is 347 g/mol. The van der Waals surface area contributed by atoms with Crippen LogP contribution in [0.4, 0.5) is 0 Å². The first-order valence-corrected chi connectivity index (χ1v) is 8.74. The Morgan fingerprint density at radius 1 is 1.08 bits per heavy atom. The van der Waals surface area contributed by atoms with Gasteiger partial charge < -0.3 is 9.47 Å². The van der Waals surface area contributed by atoms with Crippen molar-refractivity contribution in [1.82, 2.24) is 24.7 Å². The summed E-state index contributed by atoms with van der Waals surface area (Å²) in [7, 11) is 1.64. The smallest absolute Gasteiger partial charge is 0.234 e. The van der Waals surface area contributed by atoms with Crippen LogP contribution in [0, 0.1) is 0 Å². The van der Waals surface area contributed by atoms with Crippen LogP contribution in [0.5, 0.6) is 11.5 Å². The van der Waals surface area contributed by atoms with Crippen molar-refractivity contribution in [2.45, 2.75) is 27.0 Å². The van der Waals surface area contributed by atoms with Crippen molar-refractivity contribution in [1.29, 1.82) is 0 Å². The summed E-state index contributed by atoms with van der Waals surface area (Å²) in [5.41, 5.74) is 0. The van der Waals surface area contributed by atoms with Crippen molar-refractivity contribution >= 4 is 16.3 Å². The first-order valence-electron chi connectivity index (χ1n) is 7.92. The van der Waals surface area contributed by atoms with Crippen molar-refractivity contribution in [3.05, 3.63) is 35.1 Å². The summed E-state index contributed by atoms with van der Waals surface area (Å²) in [4.78, 5) is 3.08. The maximum absolute atomic E-state index is 5.77. The van der Waals surface area contributed by atoms with Crippen LogP contribution in [-0.2, 0) is 13.2 Å². The van der Waals surface area contributed by atoms with Crippen LogP contribution in [0.2, 0.25) is 0 Å². The predicted octanol–water partition coefficient (Wildman–Crippen LogP) is 2.62. The zero-order valence-corrected chi connectivity index (χ0v) is 14.9. The average molecular weight is 347 g/mol. The van der Waals surface area contributed by atoms with E-state index >= 15 is 0 Å². The van der Waals surface area contributed by atoms with Crippen molar-refractivity contribution in [2.75, 3.05) is 20.2 Å². The van der Waals surface area contributed by atoms with Crippen molar-refractivity contribution in [2.24, 2.45) is 0 Å². The topological polar surface area (TPSA) is 64.8 Å². The van der Waals surface area contributed by atoms with Crippen LogP contribution in [0.1, 0.15) is 24.7 Å². The summed E-state index contributed by atoms with van der Waals surface area (Å²) in [6.07, 6.45) is 0. The molecule has 0 radical (unpaired) electrons. The van der Waals surface area contributed by atoms with Crippen molar-refractivity contribution in [3.63, 3.8) is 0 Å². The van der Waals surface area contributed by atoms with Gasteiger partial charge in [0.05, 0.1) is 13.7 Å². The second kappa shape index (κ2) is 7.59. The lowest BCUT2D eigenvalue weighted by atomic mass is 10.3. The van der Waals surface area contributed by atoms with Crippen LogP contribution in [0.25, 0.3) is 4.96 Å². The molecule has 0 bridgehead atoms. The number of hydrogen-bond donors (Lipinski definition) is 0. The summed E-state index contributed by atoms with van der Waals surface area (Å²) in [6.45, 7) is 7.38. The Labute approximate surface area is 144 Å². The van der Waals surface area contributed by atoms with Gasteiger partial charge in [0, 0.05) is 0 Å². The highest BCUT2D eigenvalue weighted by Crippen LogP contribution is 2.20. The molecule has 8 heteroatoms. The molecule has 0 fully saturated rings. The van der Waals surface area contributed by atoms with E-state index in [4.69, 9.17) is 9.47 Å². The van der Waals surface area contributed by atoms with Crippen LogP contribution in [-0.4, -0.2) is 44.9 Å². The third-order valence-electron chi connectivity index (χ3n) is 3.78. The van der Waals surface area contributed by atoms with Gasteiger partial charge in [-0.05, 0) is 37.4 Å². The molecule has 0 aliphatic heterocycles. The largest absolute Gasteiger partial charge is 0.497 e. The second-order valence-electron chi connectivity index (χ2n) is 5.23. The van der Waals surface area contributed by atoms with Crippen LogP contribution in [0.3, 0.4) is 0 Å². The first-order chi connectivity index (χ1) is 11.7. The third-order valence-corrected chi connectivity index (χ3v) is 4.65. The van der Waals surface area contributed by atoms with Gasteiger partial charge in [-0.3, -0.25) is 4.90 Å². The van der Waals surface area contributed by atoms with E-state index in [2.05, 4.69) is 34.0 Å². The standard InChI is InChI=1S/C16H21N5O2S/c1-4-20(5-2)10-14-17-18-16-21(14)19-15(24-16)11-23-13-8-6-12(22-3)7-9-13/h6-9H,4-5,10-11H2,1-3H3. The number of nitrogens with zero attached hydrogens (tertiary/aromatic N) is 5. The molecule has 0 aliphatic rings. The molecule has 24 heavy (non-hydrogen) atoms. The molecule has 0 spiro atoms. The normalized spacial score (nSPS) is 11.3. The second-order valence-corrected chi connectivity index (χ2v) is 6.27. The molecule has 0 atom stereocenters. The van der Waals surface area contributed by atoms with Crippen LogP contribution in [0.15, 0.2) is 24.3 Å². The van der Waals surface area contributed by atoms with E-state index in [0.717, 1.165) is 46.9 Å². The highest BCUT2D eigenvalue weighted by atomic mass is 32.1. The number of fused-ring (bicyclic) bond motifs is 1. The van der Waals surface area contributed by atoms with E-state index in [0.29, 0.717) is 6.61 Å². The summed E-state index contributed by atoms with van der Waals surface area (Å²) in [6, 6.07) is 7.50. The Morgan fingerprint density at radius 2 is 1.79 bits per heavy atom. The number of hydrogen-bond acceptors (Lipinski definition) is 7. The fourth-order valence-corrected chi connectivity index (χ4v) is 3.08. The van der Waals surface area contributed by atoms with Gasteiger partial charge in [-0.25, -0.2) is 0 Å². The average Bonchev–Trinajstić information content (AvgIpc) is 3.19. The van der Waals surface area contributed by atoms with Crippen molar-refractivity contribution < 1.29 is 9.47 Å². The molecular weight excluding hydrogens is 326 g/mol. The van der Waals surface area contributed by atoms with E-state index in [-0.39, 0.29) is 0 Å². The first kappa shape index (κ1) is 16.7. The zero-order chi connectivity index (χ0) is 16.9. The Morgan fingerprint density at radius 3 is 2.46 bits per heavy atom. The maximum atomic E-state index is 5.77. The number of ether oxygens (including phenoxy) is 2. The number of methoxy groups -OCH3 is 1. The van der Waals surface area contributed by atoms with E-state index in [1.54, 1.807) is 7.11 Å². The molecule has 0 saturated carbocycles. The lowest BCUT2D eigenvalue weighted by Gasteiger charge is -2.15. The van der Waals surface area contributed by atoms with Gasteiger partial charge in [-0.2, -0.15) is 9.61 Å². The molecule has 0 unspecified atom stereocenters. The molecule has 128 valence electrons. The molecule has 0 saturated heterocycles. The Kier molecular flexibility index (Phi) is 5.27. The molecule has 0 aliphatic carbocycles. The highest BCUT2D eigenvalue weighted by Gasteiger charge is 2.14. The van der Waals surface area contributed by atoms with Crippen LogP contribution >= 0.6 is 11.3 Å². The maximum Gasteiger partial charge on any atom is 0.234 e. The van der Waals surface area contributed by atoms with Gasteiger partial charge in [0.2, 0.25) is 4.96 Å². The fraction of sp³-hybridized carbons (Fsp3) is 0.438. The van der Waals surface area contributed by atoms with E-state index in [1.165, 1.54) is 11.3 Å². The zero-order valence-electron chi connectivity index (χ0n) is 14.1. The molecule has 7 nitrogen and oxygen atoms in total. The molecule has 0 N–H and O–H groups in total. The lowest BCUT2D eigenvalue weighted by Crippen LogP contribution is -2.23. The van der Waals surface area contributed by atoms with Gasteiger partial charge in [0.1, 0.15) is 18.1 Å². The fourth-order valence-electron chi connectivity index (χ4n) is 2.32. The number of benzene rings is 1. The van der Waals surface area contributed by atoms with Gasteiger partial charge in [-0.15, -0.1) is 10.2 Å². The van der Waals surface area contributed by atoms with Crippen LogP contribution < -0.4 is 9.47 Å². The minimum Gasteiger partial charge on any atom is -0.497 e. The van der Waals surface area contributed by atoms with Crippen molar-refractivity contribution in [3.8, 4) is 11.5 Å². The lowest BCUT2D eigenvalue weighted by molar-refractivity contribution is 0.284. The Bertz CT molecular complexity index is 779. The Balaban J connectivity index is 1.68. The predicted molar refractivity (Wildman–Crippen MR) is 92.6 cm³/mol. The van der Waals surface area contributed by atoms with Gasteiger partial charge in [0.15, 0.2) is 10.8 Å². The Hall–Kier alpha value is -2.19. The summed E-state index contributed by atoms with van der Waals surface area (Å²) >= 11 is 1.50. The molecule has 0 amide bonds. The minimum absolute atomic E-state index is 0.408. The molecule has 3 aromatic rings. The molecule has 1 aromatic carbocycles. The SMILES string of the molecule is CCN(CC)Cc1nnc2sc(COc3ccc(OC)cc3)nn12. The molecule has 2 aromatic heterocycles. The highest BCUT2D eigenvalue weighted by molar-refractivity contribution is 7.16. The van der Waals surface area contributed by atoms with Gasteiger partial charge >= 0.3 is 0 Å².